The molecule has 0 unspecified atom stereocenters. The van der Waals surface area contributed by atoms with Crippen molar-refractivity contribution in [1.82, 2.24) is 4.98 Å². The van der Waals surface area contributed by atoms with Gasteiger partial charge in [-0.2, -0.15) is 0 Å². The van der Waals surface area contributed by atoms with Crippen molar-refractivity contribution >= 4 is 28.9 Å². The Labute approximate surface area is 128 Å². The number of Topliss-reactive ketones (excluding diaryl/α,β-unsaturated/α-hetero) is 1. The fourth-order valence-corrected chi connectivity index (χ4v) is 7.01. The standard InChI is InChI=1S/C16H21NOS2/c1-10-8-19-15(17-10)20-9-14(18)16-5-11-2-12(6-16)4-13(3-11)7-16/h8,11-13H,2-7,9H2,1H3. The second-order valence-corrected chi connectivity index (χ2v) is 9.25. The zero-order valence-electron chi connectivity index (χ0n) is 11.9. The van der Waals surface area contributed by atoms with Crippen LogP contribution in [0, 0.1) is 30.1 Å². The fourth-order valence-electron chi connectivity index (χ4n) is 5.13. The lowest BCUT2D eigenvalue weighted by molar-refractivity contribution is -0.141. The minimum absolute atomic E-state index is 0.0635. The van der Waals surface area contributed by atoms with Crippen LogP contribution in [-0.4, -0.2) is 16.5 Å². The first-order chi connectivity index (χ1) is 9.63. The van der Waals surface area contributed by atoms with Gasteiger partial charge in [0.15, 0.2) is 4.34 Å². The van der Waals surface area contributed by atoms with Crippen molar-refractivity contribution in [1.29, 1.82) is 0 Å². The molecule has 0 spiro atoms. The SMILES string of the molecule is Cc1csc(SCC(=O)C23CC4CC(CC(C4)C2)C3)n1. The van der Waals surface area contributed by atoms with Crippen LogP contribution in [0.5, 0.6) is 0 Å². The third-order valence-corrected chi connectivity index (χ3v) is 7.69. The molecule has 108 valence electrons. The minimum Gasteiger partial charge on any atom is -0.298 e. The highest BCUT2D eigenvalue weighted by atomic mass is 32.2. The topological polar surface area (TPSA) is 30.0 Å². The van der Waals surface area contributed by atoms with Gasteiger partial charge in [0.25, 0.3) is 0 Å². The molecule has 20 heavy (non-hydrogen) atoms. The highest BCUT2D eigenvalue weighted by Crippen LogP contribution is 2.60. The summed E-state index contributed by atoms with van der Waals surface area (Å²) in [5.41, 5.74) is 1.13. The van der Waals surface area contributed by atoms with E-state index in [0.717, 1.165) is 27.8 Å². The predicted molar refractivity (Wildman–Crippen MR) is 83.2 cm³/mol. The van der Waals surface area contributed by atoms with E-state index >= 15 is 0 Å². The zero-order valence-corrected chi connectivity index (χ0v) is 13.6. The molecule has 2 nitrogen and oxygen atoms in total. The molecule has 0 amide bonds. The Morgan fingerprint density at radius 3 is 2.40 bits per heavy atom. The number of thioether (sulfide) groups is 1. The second kappa shape index (κ2) is 4.84. The molecule has 0 aliphatic heterocycles. The van der Waals surface area contributed by atoms with Gasteiger partial charge in [-0.15, -0.1) is 11.3 Å². The molecule has 4 fully saturated rings. The molecule has 4 aliphatic carbocycles. The van der Waals surface area contributed by atoms with Gasteiger partial charge in [-0.25, -0.2) is 4.98 Å². The Bertz CT molecular complexity index is 501. The average molecular weight is 307 g/mol. The third kappa shape index (κ3) is 2.25. The fraction of sp³-hybridized carbons (Fsp3) is 0.750. The molecule has 4 bridgehead atoms. The van der Waals surface area contributed by atoms with Crippen molar-refractivity contribution in [3.05, 3.63) is 11.1 Å². The molecular formula is C16H21NOS2. The summed E-state index contributed by atoms with van der Waals surface area (Å²) in [7, 11) is 0. The van der Waals surface area contributed by atoms with Crippen molar-refractivity contribution in [2.24, 2.45) is 23.2 Å². The van der Waals surface area contributed by atoms with Crippen LogP contribution in [-0.2, 0) is 4.79 Å². The molecule has 0 radical (unpaired) electrons. The van der Waals surface area contributed by atoms with E-state index in [-0.39, 0.29) is 5.41 Å². The lowest BCUT2D eigenvalue weighted by Crippen LogP contribution is -2.50. The zero-order chi connectivity index (χ0) is 13.7. The smallest absolute Gasteiger partial charge is 0.150 e. The molecular weight excluding hydrogens is 286 g/mol. The Morgan fingerprint density at radius 1 is 1.30 bits per heavy atom. The van der Waals surface area contributed by atoms with Crippen LogP contribution >= 0.6 is 23.1 Å². The maximum Gasteiger partial charge on any atom is 0.150 e. The number of ketones is 1. The Hall–Kier alpha value is -0.350. The summed E-state index contributed by atoms with van der Waals surface area (Å²) in [5, 5.41) is 2.07. The van der Waals surface area contributed by atoms with Crippen molar-refractivity contribution in [2.75, 3.05) is 5.75 Å². The molecule has 0 atom stereocenters. The number of aromatic nitrogens is 1. The molecule has 1 heterocycles. The van der Waals surface area contributed by atoms with Crippen LogP contribution in [0.4, 0.5) is 0 Å². The third-order valence-electron chi connectivity index (χ3n) is 5.55. The molecule has 1 aromatic heterocycles. The summed E-state index contributed by atoms with van der Waals surface area (Å²) >= 11 is 3.32. The van der Waals surface area contributed by atoms with Crippen LogP contribution in [0.2, 0.25) is 0 Å². The first-order valence-electron chi connectivity index (χ1n) is 7.71. The van der Waals surface area contributed by atoms with Crippen LogP contribution in [0.15, 0.2) is 9.72 Å². The van der Waals surface area contributed by atoms with Crippen LogP contribution in [0.25, 0.3) is 0 Å². The summed E-state index contributed by atoms with van der Waals surface area (Å²) in [6, 6.07) is 0. The van der Waals surface area contributed by atoms with Gasteiger partial charge in [0.2, 0.25) is 0 Å². The molecule has 0 saturated heterocycles. The average Bonchev–Trinajstić information content (AvgIpc) is 2.80. The largest absolute Gasteiger partial charge is 0.298 e. The minimum atomic E-state index is 0.0635. The maximum absolute atomic E-state index is 12.8. The van der Waals surface area contributed by atoms with Gasteiger partial charge in [0, 0.05) is 16.5 Å². The van der Waals surface area contributed by atoms with Gasteiger partial charge in [-0.3, -0.25) is 4.79 Å². The Balaban J connectivity index is 1.45. The number of nitrogens with zero attached hydrogens (tertiary/aromatic N) is 1. The molecule has 4 aliphatic rings. The van der Waals surface area contributed by atoms with E-state index in [4.69, 9.17) is 0 Å². The van der Waals surface area contributed by atoms with E-state index < -0.39 is 0 Å². The van der Waals surface area contributed by atoms with E-state index in [1.54, 1.807) is 23.1 Å². The summed E-state index contributed by atoms with van der Waals surface area (Å²) < 4.78 is 1.06. The van der Waals surface area contributed by atoms with Crippen molar-refractivity contribution in [3.63, 3.8) is 0 Å². The number of hydrogen-bond acceptors (Lipinski definition) is 4. The predicted octanol–water partition coefficient (Wildman–Crippen LogP) is 4.33. The Kier molecular flexibility index (Phi) is 3.22. The van der Waals surface area contributed by atoms with Crippen LogP contribution in [0.3, 0.4) is 0 Å². The second-order valence-electron chi connectivity index (χ2n) is 7.16. The van der Waals surface area contributed by atoms with E-state index in [1.165, 1.54) is 38.5 Å². The summed E-state index contributed by atoms with van der Waals surface area (Å²) in [4.78, 5) is 17.3. The van der Waals surface area contributed by atoms with Gasteiger partial charge in [-0.1, -0.05) is 11.8 Å². The first-order valence-corrected chi connectivity index (χ1v) is 9.58. The lowest BCUT2D eigenvalue weighted by atomic mass is 9.48. The Morgan fingerprint density at radius 2 is 1.90 bits per heavy atom. The summed E-state index contributed by atoms with van der Waals surface area (Å²) in [5.74, 6) is 3.74. The number of thiazole rings is 1. The number of carbonyl (C=O) groups excluding carboxylic acids is 1. The highest BCUT2D eigenvalue weighted by molar-refractivity contribution is 8.01. The molecule has 4 saturated carbocycles. The molecule has 0 N–H and O–H groups in total. The van der Waals surface area contributed by atoms with Gasteiger partial charge in [-0.05, 0) is 63.2 Å². The maximum atomic E-state index is 12.8. The lowest BCUT2D eigenvalue weighted by Gasteiger charge is -2.56. The highest BCUT2D eigenvalue weighted by Gasteiger charge is 2.54. The summed E-state index contributed by atoms with van der Waals surface area (Å²) in [6.45, 7) is 2.02. The van der Waals surface area contributed by atoms with Crippen LogP contribution in [0.1, 0.15) is 44.2 Å². The molecule has 5 rings (SSSR count). The van der Waals surface area contributed by atoms with Crippen molar-refractivity contribution < 1.29 is 4.79 Å². The van der Waals surface area contributed by atoms with E-state index in [1.807, 2.05) is 6.92 Å². The number of hydrogen-bond donors (Lipinski definition) is 0. The van der Waals surface area contributed by atoms with Gasteiger partial charge in [0.1, 0.15) is 5.78 Å². The van der Waals surface area contributed by atoms with Crippen LogP contribution < -0.4 is 0 Å². The monoisotopic (exact) mass is 307 g/mol. The normalized spacial score (nSPS) is 38.4. The first kappa shape index (κ1) is 13.3. The number of aryl methyl sites for hydroxylation is 1. The molecule has 4 heteroatoms. The summed E-state index contributed by atoms with van der Waals surface area (Å²) in [6.07, 6.45) is 7.79. The van der Waals surface area contributed by atoms with E-state index in [9.17, 15) is 4.79 Å². The van der Waals surface area contributed by atoms with Gasteiger partial charge < -0.3 is 0 Å². The van der Waals surface area contributed by atoms with Crippen molar-refractivity contribution in [3.8, 4) is 0 Å². The van der Waals surface area contributed by atoms with Gasteiger partial charge >= 0.3 is 0 Å². The van der Waals surface area contributed by atoms with Crippen molar-refractivity contribution in [2.45, 2.75) is 49.8 Å². The van der Waals surface area contributed by atoms with E-state index in [0.29, 0.717) is 11.5 Å². The molecule has 1 aromatic rings. The quantitative estimate of drug-likeness (QED) is 0.776. The van der Waals surface area contributed by atoms with Gasteiger partial charge in [0.05, 0.1) is 5.75 Å². The molecule has 0 aromatic carbocycles. The number of rotatable bonds is 4. The number of carbonyl (C=O) groups is 1. The van der Waals surface area contributed by atoms with E-state index in [2.05, 4.69) is 10.4 Å².